The van der Waals surface area contributed by atoms with E-state index in [0.717, 1.165) is 82.8 Å². The molecule has 0 bridgehead atoms. The normalized spacial score (nSPS) is 16.1. The lowest BCUT2D eigenvalue weighted by molar-refractivity contribution is 0.0634. The van der Waals surface area contributed by atoms with Crippen LogP contribution in [0.3, 0.4) is 0 Å². The zero-order chi connectivity index (χ0) is 27.5. The van der Waals surface area contributed by atoms with E-state index in [1.807, 2.05) is 30.3 Å². The average Bonchev–Trinajstić information content (AvgIpc) is 3.64. The van der Waals surface area contributed by atoms with Crippen molar-refractivity contribution in [3.8, 4) is 0 Å². The maximum Gasteiger partial charge on any atom is 0.262 e. The zero-order valence-corrected chi connectivity index (χ0v) is 22.8. The van der Waals surface area contributed by atoms with Crippen molar-refractivity contribution in [2.45, 2.75) is 13.0 Å². The molecule has 7 heteroatoms. The minimum Gasteiger partial charge on any atom is -0.353 e. The minimum absolute atomic E-state index is 0.178. The van der Waals surface area contributed by atoms with Crippen molar-refractivity contribution >= 4 is 55.4 Å². The van der Waals surface area contributed by atoms with E-state index in [0.29, 0.717) is 24.2 Å². The van der Waals surface area contributed by atoms with Crippen molar-refractivity contribution < 1.29 is 9.59 Å². The number of benzene rings is 4. The summed E-state index contributed by atoms with van der Waals surface area (Å²) in [6.45, 7) is 5.55. The highest BCUT2D eigenvalue weighted by molar-refractivity contribution is 6.39. The number of amides is 2. The molecule has 204 valence electrons. The number of aromatic amines is 1. The number of aryl methyl sites for hydroxylation is 2. The minimum atomic E-state index is -0.182. The highest BCUT2D eigenvalue weighted by Crippen LogP contribution is 2.45. The lowest BCUT2D eigenvalue weighted by Gasteiger charge is -2.28. The fourth-order valence-corrected chi connectivity index (χ4v) is 6.93. The number of rotatable bonds is 6. The molecule has 0 saturated carbocycles. The number of carbonyl (C=O) groups excluding carboxylic acids is 2. The summed E-state index contributed by atoms with van der Waals surface area (Å²) < 4.78 is 2.34. The molecular formula is C34H31N5O2. The number of H-pyrrole nitrogens is 1. The molecule has 41 heavy (non-hydrogen) atoms. The first-order chi connectivity index (χ1) is 20.2. The van der Waals surface area contributed by atoms with Crippen LogP contribution in [0.25, 0.3) is 43.6 Å². The van der Waals surface area contributed by atoms with Crippen LogP contribution in [-0.2, 0) is 13.0 Å². The third-order valence-corrected chi connectivity index (χ3v) is 8.90. The first-order valence-corrected chi connectivity index (χ1v) is 14.5. The van der Waals surface area contributed by atoms with Crippen LogP contribution in [0.5, 0.6) is 0 Å². The molecule has 0 unspecified atom stereocenters. The Kier molecular flexibility index (Phi) is 5.69. The van der Waals surface area contributed by atoms with Gasteiger partial charge in [0, 0.05) is 78.4 Å². The van der Waals surface area contributed by atoms with Crippen molar-refractivity contribution in [1.82, 2.24) is 24.7 Å². The number of carbonyl (C=O) groups is 2. The van der Waals surface area contributed by atoms with Crippen LogP contribution < -0.4 is 5.32 Å². The molecule has 1 fully saturated rings. The van der Waals surface area contributed by atoms with E-state index in [4.69, 9.17) is 0 Å². The number of nitrogens with zero attached hydrogens (tertiary/aromatic N) is 3. The average molecular weight is 542 g/mol. The topological polar surface area (TPSA) is 73.4 Å². The number of imide groups is 1. The van der Waals surface area contributed by atoms with Gasteiger partial charge in [0.2, 0.25) is 0 Å². The molecule has 2 aliphatic rings. The Balaban J connectivity index is 1.37. The van der Waals surface area contributed by atoms with Crippen LogP contribution in [0.2, 0.25) is 0 Å². The van der Waals surface area contributed by atoms with Gasteiger partial charge in [-0.15, -0.1) is 0 Å². The Hall–Kier alpha value is -4.46. The van der Waals surface area contributed by atoms with Gasteiger partial charge in [0.25, 0.3) is 11.8 Å². The van der Waals surface area contributed by atoms with Gasteiger partial charge in [0.1, 0.15) is 0 Å². The van der Waals surface area contributed by atoms with Crippen molar-refractivity contribution in [1.29, 1.82) is 0 Å². The fraction of sp³-hybridized carbons (Fsp3) is 0.235. The summed E-state index contributed by atoms with van der Waals surface area (Å²) >= 11 is 0. The Morgan fingerprint density at radius 1 is 0.683 bits per heavy atom. The van der Waals surface area contributed by atoms with E-state index in [1.54, 1.807) is 0 Å². The zero-order valence-electron chi connectivity index (χ0n) is 22.8. The number of hydrogen-bond acceptors (Lipinski definition) is 4. The molecule has 0 atom stereocenters. The second kappa shape index (κ2) is 9.58. The first-order valence-electron chi connectivity index (χ1n) is 14.5. The van der Waals surface area contributed by atoms with Crippen molar-refractivity contribution in [2.24, 2.45) is 0 Å². The molecule has 0 aliphatic carbocycles. The predicted molar refractivity (Wildman–Crippen MR) is 164 cm³/mol. The second-order valence-electron chi connectivity index (χ2n) is 11.2. The van der Waals surface area contributed by atoms with Crippen LogP contribution in [0.1, 0.15) is 26.3 Å². The Morgan fingerprint density at radius 3 is 2.17 bits per heavy atom. The number of nitrogens with one attached hydrogen (secondary N) is 2. The van der Waals surface area contributed by atoms with Crippen molar-refractivity contribution in [3.63, 3.8) is 0 Å². The van der Waals surface area contributed by atoms with Crippen LogP contribution in [0.4, 0.5) is 0 Å². The van der Waals surface area contributed by atoms with Gasteiger partial charge in [-0.3, -0.25) is 19.4 Å². The Labute approximate surface area is 237 Å². The van der Waals surface area contributed by atoms with Gasteiger partial charge in [-0.2, -0.15) is 0 Å². The largest absolute Gasteiger partial charge is 0.353 e. The molecule has 6 aromatic rings. The molecular weight excluding hydrogens is 510 g/mol. The maximum absolute atomic E-state index is 14.3. The molecule has 2 aliphatic heterocycles. The van der Waals surface area contributed by atoms with E-state index in [1.165, 1.54) is 10.5 Å². The fourth-order valence-electron chi connectivity index (χ4n) is 6.93. The summed E-state index contributed by atoms with van der Waals surface area (Å²) in [6, 6.07) is 26.9. The molecule has 2 aromatic heterocycles. The number of aromatic nitrogens is 2. The number of piperazine rings is 1. The molecule has 4 aromatic carbocycles. The maximum atomic E-state index is 14.3. The summed E-state index contributed by atoms with van der Waals surface area (Å²) in [7, 11) is 0. The van der Waals surface area contributed by atoms with Crippen LogP contribution >= 0.6 is 0 Å². The molecule has 8 rings (SSSR count). The van der Waals surface area contributed by atoms with Crippen LogP contribution in [0.15, 0.2) is 78.9 Å². The van der Waals surface area contributed by atoms with Crippen molar-refractivity contribution in [2.75, 3.05) is 39.3 Å². The second-order valence-corrected chi connectivity index (χ2v) is 11.2. The van der Waals surface area contributed by atoms with E-state index >= 15 is 0 Å². The van der Waals surface area contributed by atoms with Crippen molar-refractivity contribution in [3.05, 3.63) is 95.6 Å². The molecule has 0 radical (unpaired) electrons. The Morgan fingerprint density at radius 2 is 1.37 bits per heavy atom. The van der Waals surface area contributed by atoms with E-state index < -0.39 is 0 Å². The third kappa shape index (κ3) is 3.73. The van der Waals surface area contributed by atoms with Gasteiger partial charge in [-0.25, -0.2) is 0 Å². The predicted octanol–water partition coefficient (Wildman–Crippen LogP) is 5.17. The SMILES string of the molecule is O=C1c2c(c3c4ccccc4n(CCc4ccccc4)c3c3[nH]c4ccccc4c23)C(=O)N1CCN1CCNCC1. The lowest BCUT2D eigenvalue weighted by atomic mass is 9.97. The molecule has 0 spiro atoms. The van der Waals surface area contributed by atoms with Gasteiger partial charge in [-0.1, -0.05) is 66.7 Å². The molecule has 2 amide bonds. The summed E-state index contributed by atoms with van der Waals surface area (Å²) in [5, 5.41) is 7.10. The smallest absolute Gasteiger partial charge is 0.262 e. The molecule has 2 N–H and O–H groups in total. The van der Waals surface area contributed by atoms with Crippen LogP contribution in [0, 0.1) is 0 Å². The third-order valence-electron chi connectivity index (χ3n) is 8.90. The number of hydrogen-bond donors (Lipinski definition) is 2. The summed E-state index contributed by atoms with van der Waals surface area (Å²) in [5.74, 6) is -0.360. The highest BCUT2D eigenvalue weighted by atomic mass is 16.2. The van der Waals surface area contributed by atoms with Gasteiger partial charge in [0.05, 0.1) is 22.2 Å². The van der Waals surface area contributed by atoms with Gasteiger partial charge in [0.15, 0.2) is 0 Å². The standard InChI is InChI=1S/C34H31N5O2/c40-33-29-27-23-10-4-6-12-25(23)36-31(27)32-28(30(29)34(41)39(33)21-20-37-18-15-35-16-19-37)24-11-5-7-13-26(24)38(32)17-14-22-8-2-1-3-9-22/h1-13,35-36H,14-21H2. The van der Waals surface area contributed by atoms with Crippen LogP contribution in [-0.4, -0.2) is 70.4 Å². The quantitative estimate of drug-likeness (QED) is 0.285. The molecule has 7 nitrogen and oxygen atoms in total. The number of fused-ring (bicyclic) bond motifs is 10. The monoisotopic (exact) mass is 541 g/mol. The summed E-state index contributed by atoms with van der Waals surface area (Å²) in [6.07, 6.45) is 0.858. The number of para-hydroxylation sites is 2. The molecule has 4 heterocycles. The Bertz CT molecular complexity index is 1980. The molecule has 1 saturated heterocycles. The lowest BCUT2D eigenvalue weighted by Crippen LogP contribution is -2.47. The van der Waals surface area contributed by atoms with Gasteiger partial charge in [-0.05, 0) is 24.1 Å². The summed E-state index contributed by atoms with van der Waals surface area (Å²) in [5.41, 5.74) is 6.32. The van der Waals surface area contributed by atoms with E-state index in [-0.39, 0.29) is 11.8 Å². The first kappa shape index (κ1) is 24.3. The van der Waals surface area contributed by atoms with Gasteiger partial charge >= 0.3 is 0 Å². The van der Waals surface area contributed by atoms with E-state index in [9.17, 15) is 9.59 Å². The van der Waals surface area contributed by atoms with E-state index in [2.05, 4.69) is 68.3 Å². The highest BCUT2D eigenvalue weighted by Gasteiger charge is 2.41. The van der Waals surface area contributed by atoms with Gasteiger partial charge < -0.3 is 14.9 Å². The summed E-state index contributed by atoms with van der Waals surface area (Å²) in [4.78, 5) is 36.0.